The molecule has 6 nitrogen and oxygen atoms in total. The van der Waals surface area contributed by atoms with Gasteiger partial charge in [0.25, 0.3) is 0 Å². The lowest BCUT2D eigenvalue weighted by molar-refractivity contribution is -0.140. The summed E-state index contributed by atoms with van der Waals surface area (Å²) in [4.78, 5) is 22.2. The van der Waals surface area contributed by atoms with Gasteiger partial charge in [-0.2, -0.15) is 0 Å². The third-order valence-corrected chi connectivity index (χ3v) is 1.75. The van der Waals surface area contributed by atoms with E-state index < -0.39 is 23.7 Å². The number of hydrazine groups is 1. The topological polar surface area (TPSA) is 87.7 Å². The van der Waals surface area contributed by atoms with Gasteiger partial charge in [-0.3, -0.25) is 10.2 Å². The van der Waals surface area contributed by atoms with Crippen LogP contribution in [0.4, 0.5) is 4.79 Å². The number of hydrogen-bond donors (Lipinski definition) is 3. The van der Waals surface area contributed by atoms with E-state index in [4.69, 9.17) is 9.84 Å². The lowest BCUT2D eigenvalue weighted by atomic mass is 10.0. The summed E-state index contributed by atoms with van der Waals surface area (Å²) in [5.74, 6) is -0.793. The predicted octanol–water partition coefficient (Wildman–Crippen LogP) is 1.51. The first-order valence-corrected chi connectivity index (χ1v) is 5.59. The van der Waals surface area contributed by atoms with Crippen LogP contribution in [-0.2, 0) is 9.53 Å². The van der Waals surface area contributed by atoms with Crippen LogP contribution in [0, 0.1) is 5.92 Å². The van der Waals surface area contributed by atoms with Crippen molar-refractivity contribution in [2.75, 3.05) is 0 Å². The lowest BCUT2D eigenvalue weighted by Crippen LogP contribution is -2.50. The Morgan fingerprint density at radius 2 is 1.82 bits per heavy atom. The molecule has 0 fully saturated rings. The molecule has 0 saturated carbocycles. The Balaban J connectivity index is 4.13. The Bertz CT molecular complexity index is 271. The van der Waals surface area contributed by atoms with Crippen LogP contribution >= 0.6 is 0 Å². The standard InChI is InChI=1S/C11H22N2O4/c1-7(2)6-8(9(14)15)12-13-10(16)17-11(3,4)5/h7-8,12H,6H2,1-5H3,(H,13,16)(H,14,15)/t8-/m0/s1. The molecule has 100 valence electrons. The van der Waals surface area contributed by atoms with Gasteiger partial charge in [0.05, 0.1) is 0 Å². The predicted molar refractivity (Wildman–Crippen MR) is 63.4 cm³/mol. The Hall–Kier alpha value is -1.30. The van der Waals surface area contributed by atoms with Crippen LogP contribution in [0.5, 0.6) is 0 Å². The molecule has 0 aliphatic rings. The van der Waals surface area contributed by atoms with E-state index in [1.54, 1.807) is 20.8 Å². The maximum Gasteiger partial charge on any atom is 0.422 e. The highest BCUT2D eigenvalue weighted by atomic mass is 16.6. The zero-order valence-corrected chi connectivity index (χ0v) is 11.0. The lowest BCUT2D eigenvalue weighted by Gasteiger charge is -2.22. The fraction of sp³-hybridized carbons (Fsp3) is 0.818. The number of rotatable bonds is 5. The summed E-state index contributed by atoms with van der Waals surface area (Å²) in [6.45, 7) is 9.01. The van der Waals surface area contributed by atoms with E-state index in [2.05, 4.69) is 10.9 Å². The van der Waals surface area contributed by atoms with Crippen LogP contribution in [0.2, 0.25) is 0 Å². The minimum Gasteiger partial charge on any atom is -0.480 e. The van der Waals surface area contributed by atoms with Crippen molar-refractivity contribution in [1.29, 1.82) is 0 Å². The molecule has 0 aromatic heterocycles. The normalized spacial score (nSPS) is 13.3. The first kappa shape index (κ1) is 15.7. The minimum atomic E-state index is -1.00. The Morgan fingerprint density at radius 1 is 1.29 bits per heavy atom. The van der Waals surface area contributed by atoms with Crippen LogP contribution in [0.15, 0.2) is 0 Å². The summed E-state index contributed by atoms with van der Waals surface area (Å²) in [6.07, 6.45) is -0.266. The zero-order valence-electron chi connectivity index (χ0n) is 11.0. The molecule has 6 heteroatoms. The molecule has 0 aromatic carbocycles. The number of aliphatic carboxylic acids is 1. The molecule has 0 aromatic rings. The number of hydrogen-bond acceptors (Lipinski definition) is 4. The van der Waals surface area contributed by atoms with Gasteiger partial charge in [-0.25, -0.2) is 10.2 Å². The van der Waals surface area contributed by atoms with Crippen LogP contribution in [0.3, 0.4) is 0 Å². The summed E-state index contributed by atoms with van der Waals surface area (Å²) >= 11 is 0. The van der Waals surface area contributed by atoms with E-state index in [-0.39, 0.29) is 5.92 Å². The average molecular weight is 246 g/mol. The summed E-state index contributed by atoms with van der Waals surface area (Å²) in [6, 6.07) is -0.817. The van der Waals surface area contributed by atoms with Gasteiger partial charge in [-0.05, 0) is 33.1 Å². The molecule has 1 amide bonds. The molecular weight excluding hydrogens is 224 g/mol. The molecule has 0 aliphatic heterocycles. The van der Waals surface area contributed by atoms with Crippen LogP contribution in [0.1, 0.15) is 41.0 Å². The van der Waals surface area contributed by atoms with E-state index in [0.717, 1.165) is 0 Å². The van der Waals surface area contributed by atoms with Gasteiger partial charge in [0.1, 0.15) is 11.6 Å². The summed E-state index contributed by atoms with van der Waals surface area (Å²) in [5.41, 5.74) is 4.07. The summed E-state index contributed by atoms with van der Waals surface area (Å²) in [7, 11) is 0. The molecule has 0 rings (SSSR count). The number of carboxylic acid groups (broad SMARTS) is 1. The second-order valence-electron chi connectivity index (χ2n) is 5.29. The monoisotopic (exact) mass is 246 g/mol. The van der Waals surface area contributed by atoms with E-state index in [0.29, 0.717) is 6.42 Å². The van der Waals surface area contributed by atoms with Gasteiger partial charge >= 0.3 is 12.1 Å². The van der Waals surface area contributed by atoms with Gasteiger partial charge < -0.3 is 9.84 Å². The van der Waals surface area contributed by atoms with E-state index >= 15 is 0 Å². The fourth-order valence-electron chi connectivity index (χ4n) is 1.14. The highest BCUT2D eigenvalue weighted by Crippen LogP contribution is 2.07. The Labute approximate surface area is 102 Å². The number of amides is 1. The highest BCUT2D eigenvalue weighted by Gasteiger charge is 2.21. The van der Waals surface area contributed by atoms with Crippen molar-refractivity contribution in [3.8, 4) is 0 Å². The molecule has 0 spiro atoms. The molecule has 0 radical (unpaired) electrons. The maximum atomic E-state index is 11.3. The fourth-order valence-corrected chi connectivity index (χ4v) is 1.14. The van der Waals surface area contributed by atoms with Crippen molar-refractivity contribution < 1.29 is 19.4 Å². The van der Waals surface area contributed by atoms with Crippen molar-refractivity contribution in [2.24, 2.45) is 5.92 Å². The third kappa shape index (κ3) is 8.50. The number of carbonyl (C=O) groups excluding carboxylic acids is 1. The maximum absolute atomic E-state index is 11.3. The van der Waals surface area contributed by atoms with Crippen LogP contribution in [0.25, 0.3) is 0 Å². The minimum absolute atomic E-state index is 0.212. The van der Waals surface area contributed by atoms with E-state index in [9.17, 15) is 9.59 Å². The molecule has 0 saturated heterocycles. The van der Waals surface area contributed by atoms with E-state index in [1.165, 1.54) is 0 Å². The molecular formula is C11H22N2O4. The highest BCUT2D eigenvalue weighted by molar-refractivity contribution is 5.74. The van der Waals surface area contributed by atoms with Gasteiger partial charge in [0.15, 0.2) is 0 Å². The number of carbonyl (C=O) groups is 2. The quantitative estimate of drug-likeness (QED) is 0.640. The molecule has 0 heterocycles. The second kappa shape index (κ2) is 6.44. The van der Waals surface area contributed by atoms with Crippen molar-refractivity contribution in [2.45, 2.75) is 52.7 Å². The molecule has 17 heavy (non-hydrogen) atoms. The average Bonchev–Trinajstić information content (AvgIpc) is 2.08. The number of ether oxygens (including phenoxy) is 1. The number of carboxylic acids is 1. The number of nitrogens with one attached hydrogen (secondary N) is 2. The van der Waals surface area contributed by atoms with Crippen molar-refractivity contribution in [1.82, 2.24) is 10.9 Å². The van der Waals surface area contributed by atoms with E-state index in [1.807, 2.05) is 13.8 Å². The molecule has 0 unspecified atom stereocenters. The smallest absolute Gasteiger partial charge is 0.422 e. The first-order valence-electron chi connectivity index (χ1n) is 5.59. The molecule has 0 bridgehead atoms. The Morgan fingerprint density at radius 3 is 2.18 bits per heavy atom. The van der Waals surface area contributed by atoms with Crippen molar-refractivity contribution in [3.05, 3.63) is 0 Å². The summed E-state index contributed by atoms with van der Waals surface area (Å²) < 4.78 is 4.97. The third-order valence-electron chi connectivity index (χ3n) is 1.75. The van der Waals surface area contributed by atoms with Gasteiger partial charge in [0, 0.05) is 0 Å². The van der Waals surface area contributed by atoms with Crippen LogP contribution < -0.4 is 10.9 Å². The van der Waals surface area contributed by atoms with Gasteiger partial charge in [-0.15, -0.1) is 0 Å². The van der Waals surface area contributed by atoms with Gasteiger partial charge in [0.2, 0.25) is 0 Å². The zero-order chi connectivity index (χ0) is 13.6. The second-order valence-corrected chi connectivity index (χ2v) is 5.29. The first-order chi connectivity index (χ1) is 7.61. The van der Waals surface area contributed by atoms with Crippen LogP contribution in [-0.4, -0.2) is 28.8 Å². The largest absolute Gasteiger partial charge is 0.480 e. The molecule has 3 N–H and O–H groups in total. The Kier molecular flexibility index (Phi) is 5.95. The van der Waals surface area contributed by atoms with Gasteiger partial charge in [-0.1, -0.05) is 13.8 Å². The molecule has 1 atom stereocenters. The molecule has 0 aliphatic carbocycles. The summed E-state index contributed by atoms with van der Waals surface area (Å²) in [5, 5.41) is 8.91. The van der Waals surface area contributed by atoms with Crippen molar-refractivity contribution >= 4 is 12.1 Å². The van der Waals surface area contributed by atoms with Crippen molar-refractivity contribution in [3.63, 3.8) is 0 Å². The SMILES string of the molecule is CC(C)C[C@H](NNC(=O)OC(C)(C)C)C(=O)O.